The van der Waals surface area contributed by atoms with Gasteiger partial charge in [0.1, 0.15) is 12.5 Å². The number of halogens is 1. The van der Waals surface area contributed by atoms with Gasteiger partial charge in [-0.1, -0.05) is 0 Å². The van der Waals surface area contributed by atoms with E-state index in [4.69, 9.17) is 0 Å². The van der Waals surface area contributed by atoms with E-state index in [1.54, 1.807) is 17.0 Å². The lowest BCUT2D eigenvalue weighted by molar-refractivity contribution is -0.133. The van der Waals surface area contributed by atoms with Crippen LogP contribution in [0.1, 0.15) is 25.1 Å². The number of aromatic nitrogens is 2. The molecule has 0 aliphatic carbocycles. The second-order valence-electron chi connectivity index (χ2n) is 5.83. The number of carbonyl (C=O) groups excluding carboxylic acids is 1. The van der Waals surface area contributed by atoms with Crippen LogP contribution in [0, 0.1) is 0 Å². The minimum absolute atomic E-state index is 0.177. The number of amides is 1. The standard InChI is InChI=1S/C15H25FN4O/c1-18(2)13-4-3-9-20(12-13)15(21)6-5-14-17-8-11-19(14)10-7-16/h8,11,13H,3-7,9-10,12H2,1-2H3. The Hall–Kier alpha value is -1.43. The van der Waals surface area contributed by atoms with Gasteiger partial charge in [-0.25, -0.2) is 9.37 Å². The molecule has 1 atom stereocenters. The molecule has 1 aromatic rings. The molecule has 1 fully saturated rings. The summed E-state index contributed by atoms with van der Waals surface area (Å²) < 4.78 is 14.2. The van der Waals surface area contributed by atoms with E-state index in [0.29, 0.717) is 25.4 Å². The molecule has 0 N–H and O–H groups in total. The van der Waals surface area contributed by atoms with Crippen LogP contribution >= 0.6 is 0 Å². The Morgan fingerprint density at radius 1 is 1.52 bits per heavy atom. The van der Waals surface area contributed by atoms with E-state index in [9.17, 15) is 9.18 Å². The second-order valence-corrected chi connectivity index (χ2v) is 5.83. The lowest BCUT2D eigenvalue weighted by Gasteiger charge is -2.36. The summed E-state index contributed by atoms with van der Waals surface area (Å²) >= 11 is 0. The predicted molar refractivity (Wildman–Crippen MR) is 79.8 cm³/mol. The summed E-state index contributed by atoms with van der Waals surface area (Å²) in [5.74, 6) is 0.971. The molecule has 1 aliphatic rings. The first kappa shape index (κ1) is 15.9. The molecule has 2 heterocycles. The van der Waals surface area contributed by atoms with Crippen molar-refractivity contribution in [2.45, 2.75) is 38.3 Å². The van der Waals surface area contributed by atoms with Gasteiger partial charge in [0.25, 0.3) is 0 Å². The zero-order chi connectivity index (χ0) is 15.2. The van der Waals surface area contributed by atoms with Crippen molar-refractivity contribution in [1.29, 1.82) is 0 Å². The third kappa shape index (κ3) is 4.27. The number of carbonyl (C=O) groups is 1. The average molecular weight is 296 g/mol. The molecule has 2 rings (SSSR count). The maximum absolute atomic E-state index is 12.4. The van der Waals surface area contributed by atoms with Crippen molar-refractivity contribution in [3.8, 4) is 0 Å². The highest BCUT2D eigenvalue weighted by Crippen LogP contribution is 2.15. The summed E-state index contributed by atoms with van der Waals surface area (Å²) in [6, 6.07) is 0.455. The molecule has 1 saturated heterocycles. The lowest BCUT2D eigenvalue weighted by Crippen LogP contribution is -2.47. The lowest BCUT2D eigenvalue weighted by atomic mass is 10.0. The van der Waals surface area contributed by atoms with Crippen LogP contribution in [0.4, 0.5) is 4.39 Å². The van der Waals surface area contributed by atoms with Crippen LogP contribution in [0.3, 0.4) is 0 Å². The Labute approximate surface area is 125 Å². The van der Waals surface area contributed by atoms with Crippen LogP contribution in [0.5, 0.6) is 0 Å². The summed E-state index contributed by atoms with van der Waals surface area (Å²) in [5.41, 5.74) is 0. The van der Waals surface area contributed by atoms with E-state index >= 15 is 0 Å². The normalized spacial score (nSPS) is 19.2. The first-order valence-corrected chi connectivity index (χ1v) is 7.62. The van der Waals surface area contributed by atoms with Gasteiger partial charge in [-0.05, 0) is 26.9 Å². The first-order valence-electron chi connectivity index (χ1n) is 7.62. The van der Waals surface area contributed by atoms with Crippen LogP contribution in [-0.4, -0.2) is 65.2 Å². The van der Waals surface area contributed by atoms with Gasteiger partial charge in [-0.3, -0.25) is 4.79 Å². The number of alkyl halides is 1. The fourth-order valence-corrected chi connectivity index (χ4v) is 2.84. The van der Waals surface area contributed by atoms with Gasteiger partial charge in [0.2, 0.25) is 5.91 Å². The molecule has 21 heavy (non-hydrogen) atoms. The summed E-state index contributed by atoms with van der Waals surface area (Å²) in [6.45, 7) is 1.57. The number of hydrogen-bond donors (Lipinski definition) is 0. The summed E-state index contributed by atoms with van der Waals surface area (Å²) in [7, 11) is 4.12. The topological polar surface area (TPSA) is 41.4 Å². The Kier molecular flexibility index (Phi) is 5.73. The smallest absolute Gasteiger partial charge is 0.223 e. The Morgan fingerprint density at radius 3 is 3.05 bits per heavy atom. The highest BCUT2D eigenvalue weighted by atomic mass is 19.1. The van der Waals surface area contributed by atoms with Crippen LogP contribution < -0.4 is 0 Å². The van der Waals surface area contributed by atoms with Crippen molar-refractivity contribution in [3.05, 3.63) is 18.2 Å². The number of nitrogens with zero attached hydrogens (tertiary/aromatic N) is 4. The fourth-order valence-electron chi connectivity index (χ4n) is 2.84. The molecular weight excluding hydrogens is 271 g/mol. The molecule has 1 aliphatic heterocycles. The molecule has 118 valence electrons. The maximum atomic E-state index is 12.4. The zero-order valence-electron chi connectivity index (χ0n) is 13.0. The monoisotopic (exact) mass is 296 g/mol. The molecule has 6 heteroatoms. The molecule has 0 spiro atoms. The summed E-state index contributed by atoms with van der Waals surface area (Å²) in [4.78, 5) is 20.7. The average Bonchev–Trinajstić information content (AvgIpc) is 2.92. The van der Waals surface area contributed by atoms with E-state index < -0.39 is 6.67 Å². The second kappa shape index (κ2) is 7.54. The van der Waals surface area contributed by atoms with Gasteiger partial charge in [0.05, 0.1) is 6.54 Å². The van der Waals surface area contributed by atoms with Crippen molar-refractivity contribution in [2.75, 3.05) is 33.9 Å². The van der Waals surface area contributed by atoms with E-state index in [1.165, 1.54) is 0 Å². The Balaban J connectivity index is 1.85. The molecule has 5 nitrogen and oxygen atoms in total. The van der Waals surface area contributed by atoms with Crippen molar-refractivity contribution in [1.82, 2.24) is 19.4 Å². The zero-order valence-corrected chi connectivity index (χ0v) is 13.0. The Morgan fingerprint density at radius 2 is 2.33 bits per heavy atom. The molecule has 1 aromatic heterocycles. The highest BCUT2D eigenvalue weighted by Gasteiger charge is 2.24. The van der Waals surface area contributed by atoms with Crippen molar-refractivity contribution >= 4 is 5.91 Å². The third-order valence-corrected chi connectivity index (χ3v) is 4.17. The van der Waals surface area contributed by atoms with Crippen LogP contribution in [0.15, 0.2) is 12.4 Å². The van der Waals surface area contributed by atoms with Gasteiger partial charge in [0.15, 0.2) is 0 Å². The number of likely N-dealkylation sites (N-methyl/N-ethyl adjacent to an activating group) is 1. The quantitative estimate of drug-likeness (QED) is 0.795. The van der Waals surface area contributed by atoms with Crippen LogP contribution in [-0.2, 0) is 17.8 Å². The van der Waals surface area contributed by atoms with E-state index in [2.05, 4.69) is 24.0 Å². The van der Waals surface area contributed by atoms with Crippen LogP contribution in [0.2, 0.25) is 0 Å². The number of aryl methyl sites for hydroxylation is 2. The van der Waals surface area contributed by atoms with Crippen molar-refractivity contribution in [3.63, 3.8) is 0 Å². The van der Waals surface area contributed by atoms with E-state index in [-0.39, 0.29) is 5.91 Å². The van der Waals surface area contributed by atoms with Crippen molar-refractivity contribution < 1.29 is 9.18 Å². The number of hydrogen-bond acceptors (Lipinski definition) is 3. The van der Waals surface area contributed by atoms with Gasteiger partial charge in [0, 0.05) is 44.4 Å². The van der Waals surface area contributed by atoms with Crippen LogP contribution in [0.25, 0.3) is 0 Å². The minimum atomic E-state index is -0.409. The maximum Gasteiger partial charge on any atom is 0.223 e. The number of imidazole rings is 1. The SMILES string of the molecule is CN(C)C1CCCN(C(=O)CCc2nccn2CCF)C1. The van der Waals surface area contributed by atoms with E-state index in [0.717, 1.165) is 31.8 Å². The number of piperidine rings is 1. The molecule has 1 unspecified atom stereocenters. The first-order chi connectivity index (χ1) is 10.1. The van der Waals surface area contributed by atoms with Gasteiger partial charge in [-0.15, -0.1) is 0 Å². The van der Waals surface area contributed by atoms with Gasteiger partial charge < -0.3 is 14.4 Å². The van der Waals surface area contributed by atoms with Gasteiger partial charge in [-0.2, -0.15) is 0 Å². The predicted octanol–water partition coefficient (Wildman–Crippen LogP) is 1.34. The number of likely N-dealkylation sites (tertiary alicyclic amines) is 1. The molecule has 0 radical (unpaired) electrons. The van der Waals surface area contributed by atoms with Gasteiger partial charge >= 0.3 is 0 Å². The third-order valence-electron chi connectivity index (χ3n) is 4.17. The van der Waals surface area contributed by atoms with Crippen molar-refractivity contribution in [2.24, 2.45) is 0 Å². The largest absolute Gasteiger partial charge is 0.341 e. The minimum Gasteiger partial charge on any atom is -0.341 e. The summed E-state index contributed by atoms with van der Waals surface area (Å²) in [5, 5.41) is 0. The molecule has 1 amide bonds. The Bertz CT molecular complexity index is 460. The molecule has 0 saturated carbocycles. The fraction of sp³-hybridized carbons (Fsp3) is 0.733. The molecular formula is C15H25FN4O. The number of rotatable bonds is 6. The molecule has 0 bridgehead atoms. The molecule has 0 aromatic carbocycles. The highest BCUT2D eigenvalue weighted by molar-refractivity contribution is 5.76. The van der Waals surface area contributed by atoms with E-state index in [1.807, 2.05) is 4.90 Å². The summed E-state index contributed by atoms with van der Waals surface area (Å²) in [6.07, 6.45) is 6.67.